The van der Waals surface area contributed by atoms with Gasteiger partial charge in [0.2, 0.25) is 5.91 Å². The van der Waals surface area contributed by atoms with Gasteiger partial charge < -0.3 is 11.1 Å². The molecule has 2 amide bonds. The first-order chi connectivity index (χ1) is 7.91. The lowest BCUT2D eigenvalue weighted by atomic mass is 10.2. The molecule has 17 heavy (non-hydrogen) atoms. The molecular formula is C10H11N3O3S. The molecule has 4 N–H and O–H groups in total. The van der Waals surface area contributed by atoms with Crippen molar-refractivity contribution in [1.29, 1.82) is 0 Å². The number of nitrogens with two attached hydrogens (primary N) is 1. The second-order valence-corrected chi connectivity index (χ2v) is 3.63. The van der Waals surface area contributed by atoms with E-state index in [1.165, 1.54) is 31.2 Å². The minimum absolute atomic E-state index is 0.183. The molecule has 1 aromatic rings. The quantitative estimate of drug-likeness (QED) is 0.410. The minimum atomic E-state index is -0.730. The van der Waals surface area contributed by atoms with E-state index in [1.54, 1.807) is 0 Å². The summed E-state index contributed by atoms with van der Waals surface area (Å²) in [6, 6.07) is 5.94. The molecule has 0 spiro atoms. The standard InChI is InChI=1S/C10H11N3O3S/c1-6(14)12-8-4-2-7(3-5-8)9(15)13(16)10(11)17/h2-5,16H,1H3,(H2,11,17)(H,12,14). The first-order valence-corrected chi connectivity index (χ1v) is 5.03. The highest BCUT2D eigenvalue weighted by Gasteiger charge is 2.15. The summed E-state index contributed by atoms with van der Waals surface area (Å²) in [7, 11) is 0. The van der Waals surface area contributed by atoms with E-state index in [0.29, 0.717) is 5.69 Å². The Hall–Kier alpha value is -1.99. The highest BCUT2D eigenvalue weighted by Crippen LogP contribution is 2.10. The maximum Gasteiger partial charge on any atom is 0.284 e. The average Bonchev–Trinajstić information content (AvgIpc) is 2.27. The van der Waals surface area contributed by atoms with Gasteiger partial charge in [-0.25, -0.2) is 0 Å². The number of thiocarbonyl (C=S) groups is 1. The van der Waals surface area contributed by atoms with Gasteiger partial charge >= 0.3 is 0 Å². The zero-order valence-corrected chi connectivity index (χ0v) is 9.82. The van der Waals surface area contributed by atoms with Gasteiger partial charge in [0.15, 0.2) is 5.11 Å². The number of hydroxylamine groups is 2. The summed E-state index contributed by atoms with van der Waals surface area (Å²) in [6.07, 6.45) is 0. The molecule has 0 aliphatic rings. The topological polar surface area (TPSA) is 95.7 Å². The van der Waals surface area contributed by atoms with Gasteiger partial charge in [0, 0.05) is 18.2 Å². The van der Waals surface area contributed by atoms with Crippen LogP contribution in [0.5, 0.6) is 0 Å². The Balaban J connectivity index is 2.84. The van der Waals surface area contributed by atoms with Gasteiger partial charge in [0.25, 0.3) is 5.91 Å². The van der Waals surface area contributed by atoms with Gasteiger partial charge in [0.05, 0.1) is 0 Å². The van der Waals surface area contributed by atoms with Gasteiger partial charge in [-0.2, -0.15) is 5.06 Å². The molecule has 0 unspecified atom stereocenters. The second kappa shape index (κ2) is 5.37. The van der Waals surface area contributed by atoms with Crippen LogP contribution in [-0.4, -0.2) is 27.2 Å². The molecule has 0 aromatic heterocycles. The van der Waals surface area contributed by atoms with Crippen molar-refractivity contribution in [2.45, 2.75) is 6.92 Å². The molecule has 0 fully saturated rings. The summed E-state index contributed by atoms with van der Waals surface area (Å²) >= 11 is 4.45. The van der Waals surface area contributed by atoms with Crippen LogP contribution in [0.1, 0.15) is 17.3 Å². The van der Waals surface area contributed by atoms with Crippen LogP contribution in [0.2, 0.25) is 0 Å². The molecule has 0 atom stereocenters. The molecule has 7 heteroatoms. The van der Waals surface area contributed by atoms with Crippen molar-refractivity contribution in [2.24, 2.45) is 5.73 Å². The number of carbonyl (C=O) groups is 2. The van der Waals surface area contributed by atoms with E-state index < -0.39 is 11.0 Å². The van der Waals surface area contributed by atoms with Crippen LogP contribution in [0.25, 0.3) is 0 Å². The van der Waals surface area contributed by atoms with Gasteiger partial charge in [0.1, 0.15) is 0 Å². The third-order valence-electron chi connectivity index (χ3n) is 1.85. The van der Waals surface area contributed by atoms with Crippen LogP contribution >= 0.6 is 12.2 Å². The number of nitrogens with one attached hydrogen (secondary N) is 1. The summed E-state index contributed by atoms with van der Waals surface area (Å²) in [5.74, 6) is -0.942. The average molecular weight is 253 g/mol. The van der Waals surface area contributed by atoms with Gasteiger partial charge in [-0.1, -0.05) is 0 Å². The van der Waals surface area contributed by atoms with Gasteiger partial charge in [-0.3, -0.25) is 14.8 Å². The zero-order valence-electron chi connectivity index (χ0n) is 9.01. The van der Waals surface area contributed by atoms with Crippen molar-refractivity contribution in [3.63, 3.8) is 0 Å². The number of hydrogen-bond acceptors (Lipinski definition) is 4. The smallest absolute Gasteiger partial charge is 0.284 e. The Morgan fingerprint density at radius 3 is 2.29 bits per heavy atom. The Morgan fingerprint density at radius 1 is 1.35 bits per heavy atom. The SMILES string of the molecule is CC(=O)Nc1ccc(C(=O)N(O)C(N)=S)cc1. The van der Waals surface area contributed by atoms with Crippen LogP contribution < -0.4 is 11.1 Å². The molecule has 0 aliphatic heterocycles. The summed E-state index contributed by atoms with van der Waals surface area (Å²) in [6.45, 7) is 1.38. The van der Waals surface area contributed by atoms with Crippen molar-refractivity contribution in [3.05, 3.63) is 29.8 Å². The number of carbonyl (C=O) groups excluding carboxylic acids is 2. The number of anilines is 1. The van der Waals surface area contributed by atoms with Crippen LogP contribution in [-0.2, 0) is 4.79 Å². The molecule has 0 saturated carbocycles. The van der Waals surface area contributed by atoms with Crippen molar-refractivity contribution >= 4 is 34.8 Å². The number of rotatable bonds is 2. The fourth-order valence-corrected chi connectivity index (χ4v) is 1.20. The molecule has 0 saturated heterocycles. The second-order valence-electron chi connectivity index (χ2n) is 3.21. The third kappa shape index (κ3) is 3.51. The maximum atomic E-state index is 11.5. The molecule has 0 heterocycles. The Kier molecular flexibility index (Phi) is 4.13. The Morgan fingerprint density at radius 2 is 1.88 bits per heavy atom. The van der Waals surface area contributed by atoms with Crippen molar-refractivity contribution < 1.29 is 14.8 Å². The van der Waals surface area contributed by atoms with E-state index in [0.717, 1.165) is 0 Å². The highest BCUT2D eigenvalue weighted by atomic mass is 32.1. The van der Waals surface area contributed by atoms with Gasteiger partial charge in [-0.15, -0.1) is 0 Å². The molecule has 1 aromatic carbocycles. The zero-order chi connectivity index (χ0) is 13.0. The lowest BCUT2D eigenvalue weighted by Crippen LogP contribution is -2.37. The lowest BCUT2D eigenvalue weighted by Gasteiger charge is -2.12. The van der Waals surface area contributed by atoms with Crippen molar-refractivity contribution in [2.75, 3.05) is 5.32 Å². The molecule has 6 nitrogen and oxygen atoms in total. The molecular weight excluding hydrogens is 242 g/mol. The number of nitrogens with zero attached hydrogens (tertiary/aromatic N) is 1. The van der Waals surface area contributed by atoms with E-state index in [2.05, 4.69) is 17.5 Å². The Bertz CT molecular complexity index is 458. The molecule has 0 bridgehead atoms. The van der Waals surface area contributed by atoms with Crippen LogP contribution in [0, 0.1) is 0 Å². The summed E-state index contributed by atoms with van der Waals surface area (Å²) < 4.78 is 0. The molecule has 0 radical (unpaired) electrons. The normalized spacial score (nSPS) is 9.53. The number of amides is 2. The van der Waals surface area contributed by atoms with Crippen molar-refractivity contribution in [1.82, 2.24) is 5.06 Å². The fourth-order valence-electron chi connectivity index (χ4n) is 1.12. The number of hydrogen-bond donors (Lipinski definition) is 3. The predicted octanol–water partition coefficient (Wildman–Crippen LogP) is 0.720. The largest absolute Gasteiger partial charge is 0.374 e. The minimum Gasteiger partial charge on any atom is -0.374 e. The van der Waals surface area contributed by atoms with Crippen molar-refractivity contribution in [3.8, 4) is 0 Å². The van der Waals surface area contributed by atoms with E-state index in [-0.39, 0.29) is 16.5 Å². The summed E-state index contributed by atoms with van der Waals surface area (Å²) in [5.41, 5.74) is 5.85. The maximum absolute atomic E-state index is 11.5. The predicted molar refractivity (Wildman–Crippen MR) is 65.5 cm³/mol. The van der Waals surface area contributed by atoms with Crippen LogP contribution in [0.4, 0.5) is 5.69 Å². The molecule has 90 valence electrons. The van der Waals surface area contributed by atoms with E-state index >= 15 is 0 Å². The highest BCUT2D eigenvalue weighted by molar-refractivity contribution is 7.80. The third-order valence-corrected chi connectivity index (χ3v) is 2.03. The van der Waals surface area contributed by atoms with E-state index in [9.17, 15) is 14.8 Å². The summed E-state index contributed by atoms with van der Waals surface area (Å²) in [4.78, 5) is 22.3. The first-order valence-electron chi connectivity index (χ1n) is 4.62. The lowest BCUT2D eigenvalue weighted by molar-refractivity contribution is -0.114. The fraction of sp³-hybridized carbons (Fsp3) is 0.100. The van der Waals surface area contributed by atoms with Crippen LogP contribution in [0.3, 0.4) is 0 Å². The van der Waals surface area contributed by atoms with Crippen LogP contribution in [0.15, 0.2) is 24.3 Å². The molecule has 0 aliphatic carbocycles. The molecule has 1 rings (SSSR count). The Labute approximate surface area is 103 Å². The summed E-state index contributed by atoms with van der Waals surface area (Å²) in [5, 5.41) is 11.5. The van der Waals surface area contributed by atoms with E-state index in [4.69, 9.17) is 5.73 Å². The monoisotopic (exact) mass is 253 g/mol. The first kappa shape index (κ1) is 13.1. The van der Waals surface area contributed by atoms with Gasteiger partial charge in [-0.05, 0) is 36.5 Å². The number of benzene rings is 1. The van der Waals surface area contributed by atoms with E-state index in [1.807, 2.05) is 0 Å².